The molecule has 2 unspecified atom stereocenters. The predicted molar refractivity (Wildman–Crippen MR) is 102 cm³/mol. The van der Waals surface area contributed by atoms with Gasteiger partial charge in [0.05, 0.1) is 6.04 Å². The Morgan fingerprint density at radius 2 is 1.82 bits per heavy atom. The first-order chi connectivity index (χ1) is 13.5. The van der Waals surface area contributed by atoms with Crippen LogP contribution in [0.4, 0.5) is 9.18 Å². The molecular weight excluding hydrogens is 361 g/mol. The number of benzene rings is 2. The maximum atomic E-state index is 14.7. The summed E-state index contributed by atoms with van der Waals surface area (Å²) >= 11 is 0. The Bertz CT molecular complexity index is 792. The van der Waals surface area contributed by atoms with E-state index in [1.165, 1.54) is 0 Å². The molecule has 1 aliphatic rings. The minimum absolute atomic E-state index is 0.178. The number of alkyl halides is 1. The lowest BCUT2D eigenvalue weighted by Crippen LogP contribution is -2.45. The highest BCUT2D eigenvalue weighted by Crippen LogP contribution is 2.39. The highest BCUT2D eigenvalue weighted by atomic mass is 19.1. The maximum Gasteiger partial charge on any atom is 0.410 e. The minimum Gasteiger partial charge on any atom is -0.463 e. The molecule has 0 radical (unpaired) electrons. The van der Waals surface area contributed by atoms with Crippen LogP contribution in [-0.2, 0) is 27.5 Å². The van der Waals surface area contributed by atoms with Crippen molar-refractivity contribution in [1.29, 1.82) is 0 Å². The zero-order valence-corrected chi connectivity index (χ0v) is 15.8. The van der Waals surface area contributed by atoms with E-state index >= 15 is 0 Å². The lowest BCUT2D eigenvalue weighted by atomic mass is 9.86. The molecular formula is C22H24FNO4. The molecule has 2 aromatic carbocycles. The normalized spacial score (nSPS) is 21.8. The van der Waals surface area contributed by atoms with E-state index in [4.69, 9.17) is 9.47 Å². The summed E-state index contributed by atoms with van der Waals surface area (Å²) < 4.78 is 24.9. The van der Waals surface area contributed by atoms with Gasteiger partial charge in [-0.3, -0.25) is 4.79 Å². The summed E-state index contributed by atoms with van der Waals surface area (Å²) in [6.45, 7) is 2.62. The molecule has 0 N–H and O–H groups in total. The largest absolute Gasteiger partial charge is 0.463 e. The molecule has 0 bridgehead atoms. The number of likely N-dealkylation sites (tertiary alicyclic amines) is 1. The lowest BCUT2D eigenvalue weighted by Gasteiger charge is -2.40. The summed E-state index contributed by atoms with van der Waals surface area (Å²) in [6.07, 6.45) is 0.0324. The second kappa shape index (κ2) is 8.87. The fourth-order valence-corrected chi connectivity index (χ4v) is 3.41. The smallest absolute Gasteiger partial charge is 0.410 e. The Morgan fingerprint density at radius 1 is 1.14 bits per heavy atom. The summed E-state index contributed by atoms with van der Waals surface area (Å²) in [5, 5.41) is 0. The third-order valence-electron chi connectivity index (χ3n) is 4.99. The summed E-state index contributed by atoms with van der Waals surface area (Å²) in [6, 6.07) is 16.4. The van der Waals surface area contributed by atoms with Crippen molar-refractivity contribution in [2.45, 2.75) is 44.7 Å². The van der Waals surface area contributed by atoms with Gasteiger partial charge in [0, 0.05) is 13.0 Å². The molecule has 0 aromatic heterocycles. The van der Waals surface area contributed by atoms with Crippen LogP contribution in [0.15, 0.2) is 54.6 Å². The molecule has 0 spiro atoms. The van der Waals surface area contributed by atoms with Gasteiger partial charge < -0.3 is 14.4 Å². The topological polar surface area (TPSA) is 55.8 Å². The number of hydrogen-bond donors (Lipinski definition) is 0. The van der Waals surface area contributed by atoms with Gasteiger partial charge in [-0.15, -0.1) is 0 Å². The third-order valence-corrected chi connectivity index (χ3v) is 4.99. The number of carbonyl (C=O) groups excluding carboxylic acids is 2. The number of halogens is 1. The van der Waals surface area contributed by atoms with Gasteiger partial charge in [0.15, 0.2) is 0 Å². The van der Waals surface area contributed by atoms with Crippen molar-refractivity contribution in [3.8, 4) is 0 Å². The van der Waals surface area contributed by atoms with Gasteiger partial charge in [-0.25, -0.2) is 9.18 Å². The van der Waals surface area contributed by atoms with Crippen LogP contribution in [0.5, 0.6) is 0 Å². The van der Waals surface area contributed by atoms with Crippen LogP contribution >= 0.6 is 0 Å². The molecule has 6 heteroatoms. The molecule has 28 heavy (non-hydrogen) atoms. The van der Waals surface area contributed by atoms with Crippen LogP contribution in [0.1, 0.15) is 42.5 Å². The van der Waals surface area contributed by atoms with Gasteiger partial charge >= 0.3 is 6.09 Å². The Balaban J connectivity index is 1.72. The molecule has 1 amide bonds. The van der Waals surface area contributed by atoms with Crippen LogP contribution in [0.25, 0.3) is 0 Å². The number of nitrogens with zero attached hydrogens (tertiary/aromatic N) is 1. The van der Waals surface area contributed by atoms with Crippen molar-refractivity contribution in [2.24, 2.45) is 0 Å². The summed E-state index contributed by atoms with van der Waals surface area (Å²) in [4.78, 5) is 24.6. The highest BCUT2D eigenvalue weighted by Gasteiger charge is 2.40. The highest BCUT2D eigenvalue weighted by molar-refractivity contribution is 5.68. The molecule has 2 aromatic rings. The molecule has 148 valence electrons. The van der Waals surface area contributed by atoms with Crippen molar-refractivity contribution >= 4 is 12.6 Å². The number of piperidine rings is 1. The van der Waals surface area contributed by atoms with E-state index in [1.807, 2.05) is 54.6 Å². The molecule has 0 saturated carbocycles. The first-order valence-corrected chi connectivity index (χ1v) is 9.29. The van der Waals surface area contributed by atoms with Gasteiger partial charge in [-0.2, -0.15) is 0 Å². The second-order valence-corrected chi connectivity index (χ2v) is 7.27. The number of rotatable bonds is 6. The van der Waals surface area contributed by atoms with Crippen molar-refractivity contribution < 1.29 is 23.5 Å². The van der Waals surface area contributed by atoms with Gasteiger partial charge in [0.25, 0.3) is 6.47 Å². The van der Waals surface area contributed by atoms with E-state index in [2.05, 4.69) is 0 Å². The average molecular weight is 385 g/mol. The Hall–Kier alpha value is -2.89. The predicted octanol–water partition coefficient (Wildman–Crippen LogP) is 4.56. The Morgan fingerprint density at radius 3 is 2.50 bits per heavy atom. The SMILES string of the molecule is CC1(F)CCN(C(=O)OCc2ccccc2)C(c2ccc(COC=O)cc2)C1. The van der Waals surface area contributed by atoms with E-state index in [1.54, 1.807) is 11.8 Å². The number of hydrogen-bond acceptors (Lipinski definition) is 4. The van der Waals surface area contributed by atoms with Crippen molar-refractivity contribution in [2.75, 3.05) is 6.54 Å². The van der Waals surface area contributed by atoms with Gasteiger partial charge in [-0.1, -0.05) is 54.6 Å². The second-order valence-electron chi connectivity index (χ2n) is 7.27. The fraction of sp³-hybridized carbons (Fsp3) is 0.364. The monoisotopic (exact) mass is 385 g/mol. The van der Waals surface area contributed by atoms with Gasteiger partial charge in [0.1, 0.15) is 18.9 Å². The molecule has 1 aliphatic heterocycles. The molecule has 0 aliphatic carbocycles. The molecule has 2 atom stereocenters. The van der Waals surface area contributed by atoms with Crippen LogP contribution in [0, 0.1) is 0 Å². The summed E-state index contributed by atoms with van der Waals surface area (Å²) in [5.74, 6) is 0. The molecule has 3 rings (SSSR count). The molecule has 1 heterocycles. The van der Waals surface area contributed by atoms with E-state index < -0.39 is 17.8 Å². The minimum atomic E-state index is -1.35. The lowest BCUT2D eigenvalue weighted by molar-refractivity contribution is -0.129. The standard InChI is InChI=1S/C22H24FNO4/c1-22(23)11-12-24(21(26)28-15-17-5-3-2-4-6-17)20(13-22)19-9-7-18(8-10-19)14-27-16-25/h2-10,16,20H,11-15H2,1H3. The maximum absolute atomic E-state index is 14.7. The van der Waals surface area contributed by atoms with E-state index in [0.29, 0.717) is 13.0 Å². The molecule has 1 saturated heterocycles. The zero-order chi connectivity index (χ0) is 20.0. The number of amides is 1. The first-order valence-electron chi connectivity index (χ1n) is 9.29. The first kappa shape index (κ1) is 19.9. The fourth-order valence-electron chi connectivity index (χ4n) is 3.41. The van der Waals surface area contributed by atoms with Crippen molar-refractivity contribution in [1.82, 2.24) is 4.90 Å². The summed E-state index contributed by atoms with van der Waals surface area (Å²) in [5.41, 5.74) is 1.21. The molecule has 1 fully saturated rings. The van der Waals surface area contributed by atoms with Crippen molar-refractivity contribution in [3.05, 3.63) is 71.3 Å². The van der Waals surface area contributed by atoms with E-state index in [-0.39, 0.29) is 26.1 Å². The van der Waals surface area contributed by atoms with Gasteiger partial charge in [0.2, 0.25) is 0 Å². The van der Waals surface area contributed by atoms with Crippen LogP contribution < -0.4 is 0 Å². The van der Waals surface area contributed by atoms with Crippen molar-refractivity contribution in [3.63, 3.8) is 0 Å². The summed E-state index contributed by atoms with van der Waals surface area (Å²) in [7, 11) is 0. The van der Waals surface area contributed by atoms with Gasteiger partial charge in [-0.05, 0) is 30.0 Å². The number of ether oxygens (including phenoxy) is 2. The molecule has 5 nitrogen and oxygen atoms in total. The van der Waals surface area contributed by atoms with E-state index in [0.717, 1.165) is 16.7 Å². The average Bonchev–Trinajstić information content (AvgIpc) is 2.71. The number of carbonyl (C=O) groups is 2. The van der Waals surface area contributed by atoms with E-state index in [9.17, 15) is 14.0 Å². The van der Waals surface area contributed by atoms with Crippen LogP contribution in [0.2, 0.25) is 0 Å². The van der Waals surface area contributed by atoms with Crippen LogP contribution in [0.3, 0.4) is 0 Å². The zero-order valence-electron chi connectivity index (χ0n) is 15.8. The quantitative estimate of drug-likeness (QED) is 0.684. The Kier molecular flexibility index (Phi) is 6.29. The van der Waals surface area contributed by atoms with Crippen LogP contribution in [-0.4, -0.2) is 29.7 Å². The third kappa shape index (κ3) is 5.09. The Labute approximate surface area is 164 Å².